The van der Waals surface area contributed by atoms with Crippen LogP contribution in [0.25, 0.3) is 0 Å². The Kier molecular flexibility index (Phi) is 4.66. The van der Waals surface area contributed by atoms with E-state index in [1.807, 2.05) is 32.9 Å². The van der Waals surface area contributed by atoms with Gasteiger partial charge in [0.05, 0.1) is 18.5 Å². The summed E-state index contributed by atoms with van der Waals surface area (Å²) < 4.78 is 31.3. The summed E-state index contributed by atoms with van der Waals surface area (Å²) in [5, 5.41) is 2.89. The molecule has 0 unspecified atom stereocenters. The first-order valence-electron chi connectivity index (χ1n) is 8.29. The Morgan fingerprint density at radius 1 is 1.15 bits per heavy atom. The lowest BCUT2D eigenvalue weighted by Crippen LogP contribution is -2.48. The first kappa shape index (κ1) is 18.3. The SMILES string of the molecule is Cc1cc(C)c(NC(=O)[C@H]2CN(S(C)(=O)=O)c3ccccc3O2)c(C)c1. The number of carbonyl (C=O) groups is 1. The standard InChI is InChI=1S/C19H22N2O4S/c1-12-9-13(2)18(14(3)10-12)20-19(22)17-11-21(26(4,23)24)15-7-5-6-8-16(15)25-17/h5-10,17H,11H2,1-4H3,(H,20,22)/t17-/m1/s1. The van der Waals surface area contributed by atoms with Gasteiger partial charge in [0.15, 0.2) is 6.10 Å². The highest BCUT2D eigenvalue weighted by Gasteiger charge is 2.35. The molecule has 6 nitrogen and oxygen atoms in total. The van der Waals surface area contributed by atoms with Crippen LogP contribution in [0.2, 0.25) is 0 Å². The first-order valence-corrected chi connectivity index (χ1v) is 10.1. The molecule has 2 aromatic rings. The summed E-state index contributed by atoms with van der Waals surface area (Å²) in [5.74, 6) is 0.00452. The third kappa shape index (κ3) is 3.53. The van der Waals surface area contributed by atoms with Gasteiger partial charge in [0.2, 0.25) is 10.0 Å². The summed E-state index contributed by atoms with van der Waals surface area (Å²) in [6.45, 7) is 5.79. The van der Waals surface area contributed by atoms with Crippen molar-refractivity contribution in [3.8, 4) is 5.75 Å². The van der Waals surface area contributed by atoms with E-state index in [1.165, 1.54) is 4.31 Å². The number of nitrogens with zero attached hydrogens (tertiary/aromatic N) is 1. The number of ether oxygens (including phenoxy) is 1. The fourth-order valence-electron chi connectivity index (χ4n) is 3.23. The molecule has 1 heterocycles. The van der Waals surface area contributed by atoms with Crippen molar-refractivity contribution < 1.29 is 17.9 Å². The van der Waals surface area contributed by atoms with Crippen molar-refractivity contribution in [3.05, 3.63) is 53.1 Å². The van der Waals surface area contributed by atoms with E-state index in [2.05, 4.69) is 5.32 Å². The quantitative estimate of drug-likeness (QED) is 0.896. The van der Waals surface area contributed by atoms with Crippen molar-refractivity contribution in [3.63, 3.8) is 0 Å². The Labute approximate surface area is 153 Å². The molecule has 3 rings (SSSR count). The predicted octanol–water partition coefficient (Wildman–Crippen LogP) is 2.78. The van der Waals surface area contributed by atoms with Crippen LogP contribution in [0.3, 0.4) is 0 Å². The maximum atomic E-state index is 12.8. The van der Waals surface area contributed by atoms with Crippen molar-refractivity contribution in [2.24, 2.45) is 0 Å². The molecular weight excluding hydrogens is 352 g/mol. The van der Waals surface area contributed by atoms with Crippen LogP contribution in [0.1, 0.15) is 16.7 Å². The number of hydrogen-bond donors (Lipinski definition) is 1. The van der Waals surface area contributed by atoms with Crippen LogP contribution in [-0.2, 0) is 14.8 Å². The Morgan fingerprint density at radius 2 is 1.77 bits per heavy atom. The molecule has 26 heavy (non-hydrogen) atoms. The highest BCUT2D eigenvalue weighted by molar-refractivity contribution is 7.92. The number of anilines is 2. The molecule has 0 aromatic heterocycles. The number of fused-ring (bicyclic) bond motifs is 1. The molecule has 0 bridgehead atoms. The van der Waals surface area contributed by atoms with Gasteiger partial charge in [0, 0.05) is 5.69 Å². The second-order valence-electron chi connectivity index (χ2n) is 6.63. The molecule has 1 atom stereocenters. The molecular formula is C19H22N2O4S. The lowest BCUT2D eigenvalue weighted by Gasteiger charge is -2.34. The summed E-state index contributed by atoms with van der Waals surface area (Å²) in [6, 6.07) is 10.8. The number of hydrogen-bond acceptors (Lipinski definition) is 4. The number of nitrogens with one attached hydrogen (secondary N) is 1. The number of aryl methyl sites for hydroxylation is 3. The highest BCUT2D eigenvalue weighted by Crippen LogP contribution is 2.35. The fourth-order valence-corrected chi connectivity index (χ4v) is 4.15. The molecule has 0 saturated carbocycles. The van der Waals surface area contributed by atoms with Crippen LogP contribution in [0.5, 0.6) is 5.75 Å². The average Bonchev–Trinajstić information content (AvgIpc) is 2.56. The van der Waals surface area contributed by atoms with E-state index in [0.29, 0.717) is 11.4 Å². The lowest BCUT2D eigenvalue weighted by atomic mass is 10.0. The zero-order valence-corrected chi connectivity index (χ0v) is 16.1. The smallest absolute Gasteiger partial charge is 0.267 e. The number of benzene rings is 2. The van der Waals surface area contributed by atoms with Crippen molar-refractivity contribution in [2.45, 2.75) is 26.9 Å². The highest BCUT2D eigenvalue weighted by atomic mass is 32.2. The minimum Gasteiger partial charge on any atom is -0.476 e. The Bertz CT molecular complexity index is 946. The van der Waals surface area contributed by atoms with E-state index in [9.17, 15) is 13.2 Å². The second-order valence-corrected chi connectivity index (χ2v) is 8.54. The maximum Gasteiger partial charge on any atom is 0.267 e. The normalized spacial score (nSPS) is 16.6. The van der Waals surface area contributed by atoms with Gasteiger partial charge in [-0.05, 0) is 44.0 Å². The zero-order valence-electron chi connectivity index (χ0n) is 15.2. The van der Waals surface area contributed by atoms with Gasteiger partial charge in [0.25, 0.3) is 5.91 Å². The molecule has 7 heteroatoms. The van der Waals surface area contributed by atoms with E-state index in [1.54, 1.807) is 24.3 Å². The number of para-hydroxylation sites is 2. The third-order valence-electron chi connectivity index (χ3n) is 4.35. The van der Waals surface area contributed by atoms with Crippen molar-refractivity contribution >= 4 is 27.3 Å². The van der Waals surface area contributed by atoms with Crippen LogP contribution < -0.4 is 14.4 Å². The van der Waals surface area contributed by atoms with E-state index in [-0.39, 0.29) is 12.5 Å². The van der Waals surface area contributed by atoms with Crippen LogP contribution in [0, 0.1) is 20.8 Å². The van der Waals surface area contributed by atoms with E-state index >= 15 is 0 Å². The molecule has 2 aromatic carbocycles. The van der Waals surface area contributed by atoms with Gasteiger partial charge in [-0.3, -0.25) is 9.10 Å². The van der Waals surface area contributed by atoms with Crippen molar-refractivity contribution in [1.82, 2.24) is 0 Å². The van der Waals surface area contributed by atoms with Gasteiger partial charge >= 0.3 is 0 Å². The maximum absolute atomic E-state index is 12.8. The van der Waals surface area contributed by atoms with E-state index in [0.717, 1.165) is 28.6 Å². The summed E-state index contributed by atoms with van der Waals surface area (Å²) in [4.78, 5) is 12.8. The zero-order chi connectivity index (χ0) is 19.1. The predicted molar refractivity (Wildman–Crippen MR) is 102 cm³/mol. The van der Waals surface area contributed by atoms with E-state index < -0.39 is 16.1 Å². The molecule has 0 radical (unpaired) electrons. The van der Waals surface area contributed by atoms with Gasteiger partial charge in [0.1, 0.15) is 5.75 Å². The van der Waals surface area contributed by atoms with Crippen LogP contribution in [0.15, 0.2) is 36.4 Å². The number of rotatable bonds is 3. The molecule has 0 saturated heterocycles. The molecule has 1 amide bonds. The van der Waals surface area contributed by atoms with Gasteiger partial charge in [-0.15, -0.1) is 0 Å². The summed E-state index contributed by atoms with van der Waals surface area (Å²) in [6.07, 6.45) is 0.193. The van der Waals surface area contributed by atoms with Gasteiger partial charge in [-0.1, -0.05) is 29.8 Å². The van der Waals surface area contributed by atoms with Crippen LogP contribution in [0.4, 0.5) is 11.4 Å². The minimum absolute atomic E-state index is 0.0639. The molecule has 1 aliphatic rings. The molecule has 0 fully saturated rings. The van der Waals surface area contributed by atoms with Crippen molar-refractivity contribution in [1.29, 1.82) is 0 Å². The average molecular weight is 374 g/mol. The molecule has 1 aliphatic heterocycles. The molecule has 0 aliphatic carbocycles. The monoisotopic (exact) mass is 374 g/mol. The van der Waals surface area contributed by atoms with Crippen molar-refractivity contribution in [2.75, 3.05) is 22.4 Å². The van der Waals surface area contributed by atoms with Gasteiger partial charge < -0.3 is 10.1 Å². The van der Waals surface area contributed by atoms with Gasteiger partial charge in [-0.2, -0.15) is 0 Å². The largest absolute Gasteiger partial charge is 0.476 e. The third-order valence-corrected chi connectivity index (χ3v) is 5.50. The molecule has 1 N–H and O–H groups in total. The fraction of sp³-hybridized carbons (Fsp3) is 0.316. The lowest BCUT2D eigenvalue weighted by molar-refractivity contribution is -0.122. The topological polar surface area (TPSA) is 75.7 Å². The number of sulfonamides is 1. The second kappa shape index (κ2) is 6.64. The minimum atomic E-state index is -3.53. The first-order chi connectivity index (χ1) is 12.2. The van der Waals surface area contributed by atoms with Gasteiger partial charge in [-0.25, -0.2) is 8.42 Å². The van der Waals surface area contributed by atoms with Crippen LogP contribution >= 0.6 is 0 Å². The molecule has 0 spiro atoms. The van der Waals surface area contributed by atoms with Crippen LogP contribution in [-0.4, -0.2) is 33.2 Å². The Hall–Kier alpha value is -2.54. The molecule has 138 valence electrons. The Balaban J connectivity index is 1.90. The number of amides is 1. The summed E-state index contributed by atoms with van der Waals surface area (Å²) in [7, 11) is -3.53. The summed E-state index contributed by atoms with van der Waals surface area (Å²) in [5.41, 5.74) is 4.19. The summed E-state index contributed by atoms with van der Waals surface area (Å²) >= 11 is 0. The van der Waals surface area contributed by atoms with E-state index in [4.69, 9.17) is 4.74 Å². The number of carbonyl (C=O) groups excluding carboxylic acids is 1. The Morgan fingerprint density at radius 3 is 2.38 bits per heavy atom.